The Bertz CT molecular complexity index is 1540. The summed E-state index contributed by atoms with van der Waals surface area (Å²) in [4.78, 5) is 15.9. The molecule has 1 aliphatic heterocycles. The Balaban J connectivity index is 1.64. The topological polar surface area (TPSA) is 112 Å². The summed E-state index contributed by atoms with van der Waals surface area (Å²) >= 11 is 5.97. The number of rotatable bonds is 7. The molecule has 0 unspecified atom stereocenters. The number of hydrogen-bond donors (Lipinski definition) is 1. The molecular weight excluding hydrogens is 502 g/mol. The van der Waals surface area contributed by atoms with Crippen molar-refractivity contribution in [2.24, 2.45) is 0 Å². The minimum Gasteiger partial charge on any atom is -0.384 e. The van der Waals surface area contributed by atoms with Gasteiger partial charge in [0.2, 0.25) is 9.84 Å². The number of nitrogens with two attached hydrogens (primary N) is 1. The van der Waals surface area contributed by atoms with Crippen LogP contribution in [0, 0.1) is 0 Å². The van der Waals surface area contributed by atoms with E-state index >= 15 is 0 Å². The number of aromatic nitrogens is 3. The van der Waals surface area contributed by atoms with Gasteiger partial charge in [0, 0.05) is 36.6 Å². The van der Waals surface area contributed by atoms with Crippen LogP contribution in [0.4, 0.5) is 5.82 Å². The molecule has 9 nitrogen and oxygen atoms in total. The number of hydrogen-bond acceptors (Lipinski definition) is 7. The standard InChI is InChI=1S/C25H26ClN5O4S/c26-18-7-9-20(10-8-18)36(33,34)23-21-17-28-31(19-5-2-1-3-6-19)25(32)22(21)30(24(23)27)12-4-11-29-13-15-35-16-14-29/h1-3,5-10,17H,4,11-16,27H2. The predicted molar refractivity (Wildman–Crippen MR) is 139 cm³/mol. The summed E-state index contributed by atoms with van der Waals surface area (Å²) in [5.41, 5.74) is 6.84. The lowest BCUT2D eigenvalue weighted by atomic mass is 10.3. The zero-order valence-electron chi connectivity index (χ0n) is 19.5. The molecule has 2 aromatic carbocycles. The van der Waals surface area contributed by atoms with Crippen molar-refractivity contribution in [2.45, 2.75) is 22.8 Å². The van der Waals surface area contributed by atoms with Crippen molar-refractivity contribution in [1.82, 2.24) is 19.2 Å². The lowest BCUT2D eigenvalue weighted by Crippen LogP contribution is -2.37. The van der Waals surface area contributed by atoms with Crippen molar-refractivity contribution >= 4 is 38.2 Å². The van der Waals surface area contributed by atoms with Gasteiger partial charge in [-0.1, -0.05) is 29.8 Å². The molecule has 5 rings (SSSR count). The molecule has 0 bridgehead atoms. The van der Waals surface area contributed by atoms with Crippen LogP contribution in [0.1, 0.15) is 6.42 Å². The first kappa shape index (κ1) is 24.5. The van der Waals surface area contributed by atoms with Gasteiger partial charge in [-0.05, 0) is 42.8 Å². The van der Waals surface area contributed by atoms with E-state index in [-0.39, 0.29) is 26.5 Å². The van der Waals surface area contributed by atoms with Crippen molar-refractivity contribution in [3.05, 3.63) is 76.2 Å². The fourth-order valence-electron chi connectivity index (χ4n) is 4.53. The van der Waals surface area contributed by atoms with Crippen LogP contribution in [0.25, 0.3) is 16.6 Å². The molecule has 0 saturated carbocycles. The highest BCUT2D eigenvalue weighted by molar-refractivity contribution is 7.92. The van der Waals surface area contributed by atoms with E-state index in [0.29, 0.717) is 36.9 Å². The SMILES string of the molecule is Nc1c(S(=O)(=O)c2ccc(Cl)cc2)c2cnn(-c3ccccc3)c(=O)c2n1CCCN1CCOCC1. The third-order valence-corrected chi connectivity index (χ3v) is 8.45. The molecule has 4 aromatic rings. The number of nitrogens with zero attached hydrogens (tertiary/aromatic N) is 4. The highest BCUT2D eigenvalue weighted by atomic mass is 35.5. The number of nitrogen functional groups attached to an aromatic ring is 1. The monoisotopic (exact) mass is 527 g/mol. The number of fused-ring (bicyclic) bond motifs is 1. The van der Waals surface area contributed by atoms with Gasteiger partial charge in [0.15, 0.2) is 0 Å². The van der Waals surface area contributed by atoms with Crippen molar-refractivity contribution in [3.8, 4) is 5.69 Å². The first-order valence-electron chi connectivity index (χ1n) is 11.6. The summed E-state index contributed by atoms with van der Waals surface area (Å²) in [6, 6.07) is 14.9. The zero-order valence-corrected chi connectivity index (χ0v) is 21.1. The van der Waals surface area contributed by atoms with Gasteiger partial charge >= 0.3 is 0 Å². The average molecular weight is 528 g/mol. The summed E-state index contributed by atoms with van der Waals surface area (Å²) in [5.74, 6) is 0.0200. The van der Waals surface area contributed by atoms with Crippen molar-refractivity contribution < 1.29 is 13.2 Å². The molecule has 2 aromatic heterocycles. The third-order valence-electron chi connectivity index (χ3n) is 6.34. The number of benzene rings is 2. The number of ether oxygens (including phenoxy) is 1. The summed E-state index contributed by atoms with van der Waals surface area (Å²) < 4.78 is 35.7. The molecule has 0 radical (unpaired) electrons. The van der Waals surface area contributed by atoms with Crippen LogP contribution < -0.4 is 11.3 Å². The Kier molecular flexibility index (Phi) is 6.85. The summed E-state index contributed by atoms with van der Waals surface area (Å²) in [5, 5.41) is 4.91. The number of para-hydroxylation sites is 1. The molecule has 0 atom stereocenters. The molecule has 1 saturated heterocycles. The van der Waals surface area contributed by atoms with Crippen molar-refractivity contribution in [3.63, 3.8) is 0 Å². The summed E-state index contributed by atoms with van der Waals surface area (Å²) in [6.07, 6.45) is 2.09. The quantitative estimate of drug-likeness (QED) is 0.393. The lowest BCUT2D eigenvalue weighted by Gasteiger charge is -2.26. The van der Waals surface area contributed by atoms with E-state index in [1.165, 1.54) is 35.1 Å². The summed E-state index contributed by atoms with van der Waals surface area (Å²) in [6.45, 7) is 4.20. The smallest absolute Gasteiger partial charge is 0.296 e. The number of morpholine rings is 1. The average Bonchev–Trinajstić information content (AvgIpc) is 3.18. The Hall–Kier alpha value is -3.18. The number of sulfone groups is 1. The van der Waals surface area contributed by atoms with E-state index in [1.807, 2.05) is 6.07 Å². The first-order valence-corrected chi connectivity index (χ1v) is 13.5. The van der Waals surface area contributed by atoms with Crippen LogP contribution >= 0.6 is 11.6 Å². The summed E-state index contributed by atoms with van der Waals surface area (Å²) in [7, 11) is -4.05. The van der Waals surface area contributed by atoms with Gasteiger partial charge in [0.05, 0.1) is 30.0 Å². The Morgan fingerprint density at radius 3 is 2.39 bits per heavy atom. The maximum atomic E-state index is 13.7. The van der Waals surface area contributed by atoms with Crippen LogP contribution in [0.3, 0.4) is 0 Å². The maximum absolute atomic E-state index is 13.7. The normalized spacial score (nSPS) is 14.9. The fourth-order valence-corrected chi connectivity index (χ4v) is 6.21. The molecule has 36 heavy (non-hydrogen) atoms. The van der Waals surface area contributed by atoms with Gasteiger partial charge in [-0.2, -0.15) is 9.78 Å². The van der Waals surface area contributed by atoms with Gasteiger partial charge in [-0.15, -0.1) is 0 Å². The van der Waals surface area contributed by atoms with Gasteiger partial charge in [-0.25, -0.2) is 8.42 Å². The van der Waals surface area contributed by atoms with Crippen LogP contribution in [-0.2, 0) is 21.1 Å². The molecule has 1 fully saturated rings. The number of halogens is 1. The number of anilines is 1. The van der Waals surface area contributed by atoms with Crippen molar-refractivity contribution in [1.29, 1.82) is 0 Å². The van der Waals surface area contributed by atoms with Gasteiger partial charge < -0.3 is 15.0 Å². The molecule has 188 valence electrons. The fraction of sp³-hybridized carbons (Fsp3) is 0.280. The van der Waals surface area contributed by atoms with Crippen LogP contribution in [0.5, 0.6) is 0 Å². The van der Waals surface area contributed by atoms with Crippen LogP contribution in [0.2, 0.25) is 5.02 Å². The van der Waals surface area contributed by atoms with Gasteiger partial charge in [0.25, 0.3) is 5.56 Å². The maximum Gasteiger partial charge on any atom is 0.296 e. The molecule has 0 amide bonds. The van der Waals surface area contributed by atoms with Crippen LogP contribution in [0.15, 0.2) is 75.4 Å². The molecule has 0 spiro atoms. The highest BCUT2D eigenvalue weighted by Crippen LogP contribution is 2.35. The molecule has 3 heterocycles. The molecule has 11 heteroatoms. The molecule has 0 aliphatic carbocycles. The van der Waals surface area contributed by atoms with Gasteiger partial charge in [-0.3, -0.25) is 9.69 Å². The second kappa shape index (κ2) is 10.1. The second-order valence-corrected chi connectivity index (χ2v) is 10.9. The van der Waals surface area contributed by atoms with Gasteiger partial charge in [0.1, 0.15) is 16.2 Å². The zero-order chi connectivity index (χ0) is 25.3. The molecular formula is C25H26ClN5O4S. The first-order chi connectivity index (χ1) is 17.4. The lowest BCUT2D eigenvalue weighted by molar-refractivity contribution is 0.0370. The van der Waals surface area contributed by atoms with Crippen molar-refractivity contribution in [2.75, 3.05) is 38.6 Å². The largest absolute Gasteiger partial charge is 0.384 e. The van der Waals surface area contributed by atoms with E-state index in [0.717, 1.165) is 19.6 Å². The van der Waals surface area contributed by atoms with E-state index < -0.39 is 15.4 Å². The highest BCUT2D eigenvalue weighted by Gasteiger charge is 2.30. The Labute approximate surface area is 213 Å². The predicted octanol–water partition coefficient (Wildman–Crippen LogP) is 2.98. The minimum absolute atomic E-state index is 0.0200. The van der Waals surface area contributed by atoms with E-state index in [9.17, 15) is 13.2 Å². The number of aryl methyl sites for hydroxylation is 1. The third kappa shape index (κ3) is 4.53. The molecule has 1 aliphatic rings. The second-order valence-electron chi connectivity index (χ2n) is 8.59. The minimum atomic E-state index is -4.05. The Morgan fingerprint density at radius 1 is 1.00 bits per heavy atom. The van der Waals surface area contributed by atoms with E-state index in [2.05, 4.69) is 10.00 Å². The molecule has 2 N–H and O–H groups in total. The van der Waals surface area contributed by atoms with Crippen LogP contribution in [-0.4, -0.2) is 60.5 Å². The van der Waals surface area contributed by atoms with E-state index in [4.69, 9.17) is 22.1 Å². The van der Waals surface area contributed by atoms with E-state index in [1.54, 1.807) is 28.8 Å². The Morgan fingerprint density at radius 2 is 1.69 bits per heavy atom.